The normalized spacial score (nSPS) is 11.3. The van der Waals surface area contributed by atoms with Crippen molar-refractivity contribution in [1.29, 1.82) is 0 Å². The molecule has 1 aromatic carbocycles. The molecule has 0 saturated carbocycles. The van der Waals surface area contributed by atoms with Crippen LogP contribution >= 0.6 is 0 Å². The fourth-order valence-electron chi connectivity index (χ4n) is 2.54. The molecule has 0 bridgehead atoms. The second-order valence-electron chi connectivity index (χ2n) is 5.72. The van der Waals surface area contributed by atoms with Gasteiger partial charge in [0.05, 0.1) is 11.9 Å². The van der Waals surface area contributed by atoms with Crippen molar-refractivity contribution >= 4 is 21.6 Å². The molecule has 1 N–H and O–H groups in total. The highest BCUT2D eigenvalue weighted by atomic mass is 32.2. The Balaban J connectivity index is 2.84. The first-order valence-corrected chi connectivity index (χ1v) is 9.98. The Morgan fingerprint density at radius 3 is 2.62 bits per heavy atom. The molecule has 0 aromatic heterocycles. The molecule has 1 aromatic rings. The fraction of sp³-hybridized carbons (Fsp3) is 0.588. The van der Waals surface area contributed by atoms with Gasteiger partial charge in [-0.05, 0) is 30.9 Å². The molecule has 1 amide bonds. The number of benzene rings is 1. The predicted octanol–water partition coefficient (Wildman–Crippen LogP) is 1.87. The summed E-state index contributed by atoms with van der Waals surface area (Å²) in [5.41, 5.74) is 2.54. The van der Waals surface area contributed by atoms with Gasteiger partial charge in [0.15, 0.2) is 0 Å². The van der Waals surface area contributed by atoms with Gasteiger partial charge in [0, 0.05) is 33.2 Å². The molecule has 0 atom stereocenters. The summed E-state index contributed by atoms with van der Waals surface area (Å²) in [7, 11) is -1.85. The van der Waals surface area contributed by atoms with Gasteiger partial charge in [-0.15, -0.1) is 0 Å². The minimum atomic E-state index is -3.46. The Bertz CT molecular complexity index is 644. The van der Waals surface area contributed by atoms with Crippen molar-refractivity contribution < 1.29 is 17.9 Å². The van der Waals surface area contributed by atoms with Crippen molar-refractivity contribution in [3.63, 3.8) is 0 Å². The van der Waals surface area contributed by atoms with Crippen LogP contribution in [0.5, 0.6) is 0 Å². The molecule has 136 valence electrons. The van der Waals surface area contributed by atoms with Crippen molar-refractivity contribution in [2.45, 2.75) is 33.1 Å². The van der Waals surface area contributed by atoms with Crippen LogP contribution in [0.25, 0.3) is 0 Å². The number of carbonyl (C=O) groups excluding carboxylic acids is 1. The number of nitrogens with one attached hydrogen (secondary N) is 1. The minimum absolute atomic E-state index is 0.123. The SMILES string of the molecule is CCc1cccc(C)c1N(CCC(=O)NCCCOC)S(C)(=O)=O. The molecule has 0 aliphatic rings. The summed E-state index contributed by atoms with van der Waals surface area (Å²) in [5, 5.41) is 2.78. The molecule has 1 rings (SSSR count). The van der Waals surface area contributed by atoms with Gasteiger partial charge in [0.25, 0.3) is 0 Å². The van der Waals surface area contributed by atoms with Gasteiger partial charge in [-0.1, -0.05) is 25.1 Å². The van der Waals surface area contributed by atoms with E-state index in [0.717, 1.165) is 24.0 Å². The molecular formula is C17H28N2O4S. The maximum Gasteiger partial charge on any atom is 0.232 e. The summed E-state index contributed by atoms with van der Waals surface area (Å²) in [6, 6.07) is 5.73. The van der Waals surface area contributed by atoms with E-state index in [1.807, 2.05) is 32.0 Å². The number of para-hydroxylation sites is 1. The Morgan fingerprint density at radius 2 is 2.04 bits per heavy atom. The van der Waals surface area contributed by atoms with Crippen molar-refractivity contribution in [3.05, 3.63) is 29.3 Å². The van der Waals surface area contributed by atoms with E-state index >= 15 is 0 Å². The first kappa shape index (κ1) is 20.4. The molecule has 0 radical (unpaired) electrons. The Morgan fingerprint density at radius 1 is 1.33 bits per heavy atom. The number of nitrogens with zero attached hydrogens (tertiary/aromatic N) is 1. The van der Waals surface area contributed by atoms with Gasteiger partial charge in [0.2, 0.25) is 15.9 Å². The second kappa shape index (κ2) is 9.64. The van der Waals surface area contributed by atoms with E-state index in [4.69, 9.17) is 4.74 Å². The summed E-state index contributed by atoms with van der Waals surface area (Å²) in [6.07, 6.45) is 2.76. The van der Waals surface area contributed by atoms with E-state index in [0.29, 0.717) is 18.8 Å². The molecule has 0 aliphatic heterocycles. The summed E-state index contributed by atoms with van der Waals surface area (Å²) in [4.78, 5) is 11.9. The zero-order valence-electron chi connectivity index (χ0n) is 15.0. The maximum atomic E-state index is 12.2. The maximum absolute atomic E-state index is 12.2. The lowest BCUT2D eigenvalue weighted by atomic mass is 10.1. The molecule has 0 saturated heterocycles. The van der Waals surface area contributed by atoms with Crippen LogP contribution in [-0.4, -0.2) is 47.4 Å². The summed E-state index contributed by atoms with van der Waals surface area (Å²) in [6.45, 7) is 5.11. The van der Waals surface area contributed by atoms with E-state index in [9.17, 15) is 13.2 Å². The first-order chi connectivity index (χ1) is 11.3. The third-order valence-corrected chi connectivity index (χ3v) is 4.91. The molecule has 0 heterocycles. The molecule has 24 heavy (non-hydrogen) atoms. The highest BCUT2D eigenvalue weighted by Gasteiger charge is 2.22. The predicted molar refractivity (Wildman–Crippen MR) is 96.9 cm³/mol. The standard InChI is InChI=1S/C17H28N2O4S/c1-5-15-9-6-8-14(2)17(15)19(24(4,21)22)12-10-16(20)18-11-7-13-23-3/h6,8-9H,5,7,10-13H2,1-4H3,(H,18,20). The van der Waals surface area contributed by atoms with Gasteiger partial charge in [-0.3, -0.25) is 9.10 Å². The molecule has 0 fully saturated rings. The fourth-order valence-corrected chi connectivity index (χ4v) is 3.56. The van der Waals surface area contributed by atoms with E-state index < -0.39 is 10.0 Å². The number of rotatable bonds is 10. The van der Waals surface area contributed by atoms with Crippen LogP contribution in [0.1, 0.15) is 30.9 Å². The van der Waals surface area contributed by atoms with Crippen molar-refractivity contribution in [3.8, 4) is 0 Å². The number of amides is 1. The summed E-state index contributed by atoms with van der Waals surface area (Å²) >= 11 is 0. The topological polar surface area (TPSA) is 75.7 Å². The van der Waals surface area contributed by atoms with Gasteiger partial charge >= 0.3 is 0 Å². The smallest absolute Gasteiger partial charge is 0.232 e. The van der Waals surface area contributed by atoms with E-state index in [-0.39, 0.29) is 18.9 Å². The molecule has 7 heteroatoms. The number of sulfonamides is 1. The van der Waals surface area contributed by atoms with Crippen LogP contribution in [0, 0.1) is 6.92 Å². The zero-order valence-corrected chi connectivity index (χ0v) is 15.8. The summed E-state index contributed by atoms with van der Waals surface area (Å²) in [5.74, 6) is -0.161. The lowest BCUT2D eigenvalue weighted by Crippen LogP contribution is -2.36. The average Bonchev–Trinajstić information content (AvgIpc) is 2.51. The third kappa shape index (κ3) is 6.13. The van der Waals surface area contributed by atoms with Crippen molar-refractivity contribution in [2.24, 2.45) is 0 Å². The van der Waals surface area contributed by atoms with Crippen LogP contribution in [0.15, 0.2) is 18.2 Å². The van der Waals surface area contributed by atoms with E-state index in [1.54, 1.807) is 7.11 Å². The Hall–Kier alpha value is -1.60. The second-order valence-corrected chi connectivity index (χ2v) is 7.62. The number of hydrogen-bond acceptors (Lipinski definition) is 4. The minimum Gasteiger partial charge on any atom is -0.385 e. The lowest BCUT2D eigenvalue weighted by molar-refractivity contribution is -0.120. The highest BCUT2D eigenvalue weighted by molar-refractivity contribution is 7.92. The molecule has 6 nitrogen and oxygen atoms in total. The number of methoxy groups -OCH3 is 1. The van der Waals surface area contributed by atoms with Crippen LogP contribution in [0.4, 0.5) is 5.69 Å². The molecule has 0 unspecified atom stereocenters. The molecule has 0 aliphatic carbocycles. The lowest BCUT2D eigenvalue weighted by Gasteiger charge is -2.26. The van der Waals surface area contributed by atoms with Crippen LogP contribution < -0.4 is 9.62 Å². The highest BCUT2D eigenvalue weighted by Crippen LogP contribution is 2.28. The number of anilines is 1. The van der Waals surface area contributed by atoms with Crippen molar-refractivity contribution in [1.82, 2.24) is 5.32 Å². The zero-order chi connectivity index (χ0) is 18.2. The summed E-state index contributed by atoms with van der Waals surface area (Å²) < 4.78 is 30.8. The number of aryl methyl sites for hydroxylation is 2. The Labute approximate surface area is 145 Å². The van der Waals surface area contributed by atoms with Gasteiger partial charge in [-0.25, -0.2) is 8.42 Å². The van der Waals surface area contributed by atoms with E-state index in [1.165, 1.54) is 10.6 Å². The Kier molecular flexibility index (Phi) is 8.21. The number of ether oxygens (including phenoxy) is 1. The quantitative estimate of drug-likeness (QED) is 0.649. The van der Waals surface area contributed by atoms with Crippen LogP contribution in [-0.2, 0) is 26.0 Å². The third-order valence-electron chi connectivity index (χ3n) is 3.74. The first-order valence-electron chi connectivity index (χ1n) is 8.13. The van der Waals surface area contributed by atoms with Crippen LogP contribution in [0.3, 0.4) is 0 Å². The largest absolute Gasteiger partial charge is 0.385 e. The van der Waals surface area contributed by atoms with Crippen LogP contribution in [0.2, 0.25) is 0 Å². The number of hydrogen-bond donors (Lipinski definition) is 1. The van der Waals surface area contributed by atoms with Gasteiger partial charge in [0.1, 0.15) is 0 Å². The van der Waals surface area contributed by atoms with Crippen molar-refractivity contribution in [2.75, 3.05) is 37.4 Å². The average molecular weight is 356 g/mol. The monoisotopic (exact) mass is 356 g/mol. The number of carbonyl (C=O) groups is 1. The van der Waals surface area contributed by atoms with Gasteiger partial charge < -0.3 is 10.1 Å². The van der Waals surface area contributed by atoms with E-state index in [2.05, 4.69) is 5.32 Å². The molecular weight excluding hydrogens is 328 g/mol. The molecule has 0 spiro atoms. The van der Waals surface area contributed by atoms with Gasteiger partial charge in [-0.2, -0.15) is 0 Å².